The van der Waals surface area contributed by atoms with Gasteiger partial charge in [-0.05, 0) is 124 Å². The number of rotatable bonds is 8. The molecule has 7 aliphatic rings. The molecular formula is C38H65NO6. The van der Waals surface area contributed by atoms with E-state index in [2.05, 4.69) is 67.6 Å². The van der Waals surface area contributed by atoms with Crippen LogP contribution in [0.4, 0.5) is 0 Å². The average Bonchev–Trinajstić information content (AvgIpc) is 3.62. The zero-order valence-corrected chi connectivity index (χ0v) is 30.0. The number of morpholine rings is 1. The molecular weight excluding hydrogens is 566 g/mol. The van der Waals surface area contributed by atoms with Gasteiger partial charge in [0.2, 0.25) is 0 Å². The molecule has 5 aliphatic carbocycles. The monoisotopic (exact) mass is 631 g/mol. The topological polar surface area (TPSA) is 78.4 Å². The Morgan fingerprint density at radius 1 is 0.978 bits per heavy atom. The van der Waals surface area contributed by atoms with E-state index in [-0.39, 0.29) is 47.0 Å². The van der Waals surface area contributed by atoms with Crippen LogP contribution in [0.15, 0.2) is 0 Å². The zero-order chi connectivity index (χ0) is 32.2. The third-order valence-electron chi connectivity index (χ3n) is 15.9. The third-order valence-corrected chi connectivity index (χ3v) is 15.9. The van der Waals surface area contributed by atoms with Gasteiger partial charge in [-0.15, -0.1) is 0 Å². The molecule has 1 unspecified atom stereocenters. The standard InChI is InChI=1S/C38H65NO6/c1-10-41-32(34(6,7)43-11-2)24-20-23(3)29-30(44-24)31(40)36(9)26-13-12-25-33(4,5)27(45-28-21-39-18-19-42-28)14-15-37(25)22-38(26,37)17-16-35(29,36)8/h23-32,39-40H,10-22H2,1-9H3/t23-,24-,25+,26+,27+,28+,29+,30+,31+,32+,35-,36-,37?,38+/m1/s1. The maximum absolute atomic E-state index is 12.7. The van der Waals surface area contributed by atoms with Crippen LogP contribution in [0.2, 0.25) is 0 Å². The van der Waals surface area contributed by atoms with Crippen LogP contribution in [0.1, 0.15) is 114 Å². The second-order valence-electron chi connectivity index (χ2n) is 18.1. The summed E-state index contributed by atoms with van der Waals surface area (Å²) in [4.78, 5) is 0. The van der Waals surface area contributed by atoms with Crippen LogP contribution in [0.5, 0.6) is 0 Å². The van der Waals surface area contributed by atoms with Crippen LogP contribution in [0.3, 0.4) is 0 Å². The first-order chi connectivity index (χ1) is 21.2. The molecule has 7 nitrogen and oxygen atoms in total. The molecule has 0 aromatic rings. The fourth-order valence-electron chi connectivity index (χ4n) is 14.0. The SMILES string of the molecule is CCO[C@@H]([C@H]1C[C@@H](C)[C@H]2[C@H](O1)[C@H](O)[C@@]1(C)[C@@H]3CC[C@H]4C(C)(C)[C@@H](O[C@H]5CNCCO5)CCC45C[C@@]35CC[C@]21C)C(C)(C)OCC. The Bertz CT molecular complexity index is 1110. The number of aliphatic hydroxyl groups excluding tert-OH is 1. The van der Waals surface area contributed by atoms with E-state index in [1.54, 1.807) is 0 Å². The van der Waals surface area contributed by atoms with Gasteiger partial charge in [0.05, 0.1) is 36.6 Å². The summed E-state index contributed by atoms with van der Waals surface area (Å²) in [5.74, 6) is 2.02. The molecule has 7 fully saturated rings. The molecule has 7 rings (SSSR count). The van der Waals surface area contributed by atoms with Gasteiger partial charge in [-0.3, -0.25) is 0 Å². The fourth-order valence-corrected chi connectivity index (χ4v) is 14.0. The molecule has 7 heteroatoms. The summed E-state index contributed by atoms with van der Waals surface area (Å²) in [5, 5.41) is 16.1. The van der Waals surface area contributed by atoms with Gasteiger partial charge in [0, 0.05) is 31.7 Å². The molecule has 2 spiro atoms. The second kappa shape index (κ2) is 11.1. The predicted molar refractivity (Wildman–Crippen MR) is 175 cm³/mol. The Kier molecular flexibility index (Phi) is 8.21. The van der Waals surface area contributed by atoms with E-state index in [4.69, 9.17) is 23.7 Å². The van der Waals surface area contributed by atoms with Crippen LogP contribution in [-0.2, 0) is 23.7 Å². The smallest absolute Gasteiger partial charge is 0.170 e. The van der Waals surface area contributed by atoms with Gasteiger partial charge in [0.1, 0.15) is 6.10 Å². The Morgan fingerprint density at radius 2 is 1.71 bits per heavy atom. The largest absolute Gasteiger partial charge is 0.390 e. The highest BCUT2D eigenvalue weighted by atomic mass is 16.7. The molecule has 258 valence electrons. The summed E-state index contributed by atoms with van der Waals surface area (Å²) in [7, 11) is 0. The van der Waals surface area contributed by atoms with Crippen molar-refractivity contribution in [3.05, 3.63) is 0 Å². The van der Waals surface area contributed by atoms with Crippen LogP contribution in [0.25, 0.3) is 0 Å². The van der Waals surface area contributed by atoms with E-state index < -0.39 is 11.7 Å². The minimum atomic E-state index is -0.463. The molecule has 0 aromatic carbocycles. The first-order valence-electron chi connectivity index (χ1n) is 18.8. The third kappa shape index (κ3) is 4.45. The summed E-state index contributed by atoms with van der Waals surface area (Å²) in [5.41, 5.74) is 0.296. The minimum absolute atomic E-state index is 0.0612. The zero-order valence-electron chi connectivity index (χ0n) is 30.0. The van der Waals surface area contributed by atoms with Crippen molar-refractivity contribution in [3.63, 3.8) is 0 Å². The Hall–Kier alpha value is -0.280. The van der Waals surface area contributed by atoms with Gasteiger partial charge in [-0.2, -0.15) is 0 Å². The number of aliphatic hydroxyl groups is 1. The lowest BCUT2D eigenvalue weighted by atomic mass is 9.41. The maximum Gasteiger partial charge on any atom is 0.170 e. The number of hydrogen-bond acceptors (Lipinski definition) is 7. The molecule has 0 amide bonds. The normalized spacial score (nSPS) is 52.5. The second-order valence-corrected chi connectivity index (χ2v) is 18.1. The van der Waals surface area contributed by atoms with Gasteiger partial charge in [-0.1, -0.05) is 34.6 Å². The Labute approximate surface area is 273 Å². The van der Waals surface area contributed by atoms with Crippen molar-refractivity contribution >= 4 is 0 Å². The van der Waals surface area contributed by atoms with Crippen LogP contribution < -0.4 is 5.32 Å². The van der Waals surface area contributed by atoms with E-state index in [1.807, 2.05) is 0 Å². The lowest BCUT2D eigenvalue weighted by Crippen LogP contribution is -2.60. The lowest BCUT2D eigenvalue weighted by Gasteiger charge is -2.64. The van der Waals surface area contributed by atoms with Crippen LogP contribution in [0, 0.1) is 50.7 Å². The molecule has 14 atom stereocenters. The molecule has 2 heterocycles. The molecule has 0 radical (unpaired) electrons. The average molecular weight is 632 g/mol. The number of fused-ring (bicyclic) bond motifs is 4. The number of ether oxygens (including phenoxy) is 5. The minimum Gasteiger partial charge on any atom is -0.390 e. The quantitative estimate of drug-likeness (QED) is 0.323. The number of hydrogen-bond donors (Lipinski definition) is 2. The van der Waals surface area contributed by atoms with E-state index >= 15 is 0 Å². The fraction of sp³-hybridized carbons (Fsp3) is 1.00. The van der Waals surface area contributed by atoms with Crippen molar-refractivity contribution in [1.29, 1.82) is 0 Å². The summed E-state index contributed by atoms with van der Waals surface area (Å²) in [6, 6.07) is 0. The van der Waals surface area contributed by atoms with Gasteiger partial charge < -0.3 is 34.1 Å². The Balaban J connectivity index is 1.15. The maximum atomic E-state index is 12.7. The highest BCUT2D eigenvalue weighted by Crippen LogP contribution is 2.89. The molecule has 2 saturated heterocycles. The van der Waals surface area contributed by atoms with Crippen LogP contribution >= 0.6 is 0 Å². The van der Waals surface area contributed by atoms with Crippen molar-refractivity contribution in [2.24, 2.45) is 50.7 Å². The van der Waals surface area contributed by atoms with Crippen LogP contribution in [-0.4, -0.2) is 80.4 Å². The predicted octanol–water partition coefficient (Wildman–Crippen LogP) is 6.35. The van der Waals surface area contributed by atoms with Crippen molar-refractivity contribution in [3.8, 4) is 0 Å². The first-order valence-corrected chi connectivity index (χ1v) is 18.8. The molecule has 0 bridgehead atoms. The van der Waals surface area contributed by atoms with E-state index in [0.29, 0.717) is 47.7 Å². The Morgan fingerprint density at radius 3 is 2.40 bits per heavy atom. The van der Waals surface area contributed by atoms with Gasteiger partial charge in [-0.25, -0.2) is 0 Å². The van der Waals surface area contributed by atoms with E-state index in [1.165, 1.54) is 38.5 Å². The summed E-state index contributed by atoms with van der Waals surface area (Å²) in [6.07, 6.45) is 8.89. The van der Waals surface area contributed by atoms with E-state index in [0.717, 1.165) is 32.5 Å². The highest BCUT2D eigenvalue weighted by Gasteiger charge is 2.84. The molecule has 5 saturated carbocycles. The van der Waals surface area contributed by atoms with Crippen molar-refractivity contribution < 1.29 is 28.8 Å². The van der Waals surface area contributed by atoms with Crippen molar-refractivity contribution in [1.82, 2.24) is 5.32 Å². The van der Waals surface area contributed by atoms with Gasteiger partial charge in [0.15, 0.2) is 6.29 Å². The highest BCUT2D eigenvalue weighted by molar-refractivity contribution is 5.33. The van der Waals surface area contributed by atoms with E-state index in [9.17, 15) is 5.11 Å². The summed E-state index contributed by atoms with van der Waals surface area (Å²) in [6.45, 7) is 24.6. The van der Waals surface area contributed by atoms with Crippen molar-refractivity contribution in [2.75, 3.05) is 32.9 Å². The molecule has 0 aromatic heterocycles. The summed E-state index contributed by atoms with van der Waals surface area (Å²) < 4.78 is 32.5. The van der Waals surface area contributed by atoms with Crippen molar-refractivity contribution in [2.45, 2.75) is 156 Å². The molecule has 45 heavy (non-hydrogen) atoms. The summed E-state index contributed by atoms with van der Waals surface area (Å²) >= 11 is 0. The first kappa shape index (κ1) is 33.2. The molecule has 2 aliphatic heterocycles. The van der Waals surface area contributed by atoms with Gasteiger partial charge >= 0.3 is 0 Å². The molecule has 2 N–H and O–H groups in total. The lowest BCUT2D eigenvalue weighted by molar-refractivity contribution is -0.237. The number of nitrogens with one attached hydrogen (secondary N) is 1. The van der Waals surface area contributed by atoms with Gasteiger partial charge in [0.25, 0.3) is 0 Å².